The maximum Gasteiger partial charge on any atom is 0.152 e. The summed E-state index contributed by atoms with van der Waals surface area (Å²) >= 11 is 5.07. The highest BCUT2D eigenvalue weighted by Gasteiger charge is 2.71. The lowest BCUT2D eigenvalue weighted by Crippen LogP contribution is -2.32. The molecule has 0 unspecified atom stereocenters. The first kappa shape index (κ1) is 15.3. The number of ether oxygens (including phenoxy) is 1. The number of benzene rings is 1. The molecule has 2 N–H and O–H groups in total. The van der Waals surface area contributed by atoms with E-state index in [0.29, 0.717) is 5.56 Å². The van der Waals surface area contributed by atoms with Crippen molar-refractivity contribution in [2.45, 2.75) is 11.2 Å². The van der Waals surface area contributed by atoms with Crippen LogP contribution >= 0.6 is 12.2 Å². The van der Waals surface area contributed by atoms with Crippen molar-refractivity contribution in [1.29, 1.82) is 0 Å². The van der Waals surface area contributed by atoms with E-state index in [2.05, 4.69) is 0 Å². The van der Waals surface area contributed by atoms with Gasteiger partial charge in [-0.05, 0) is 17.7 Å². The Bertz CT molecular complexity index is 630. The first-order valence-electron chi connectivity index (χ1n) is 5.98. The van der Waals surface area contributed by atoms with Crippen molar-refractivity contribution in [3.63, 3.8) is 0 Å². The van der Waals surface area contributed by atoms with E-state index >= 15 is 0 Å². The molecule has 1 aliphatic rings. The molecule has 0 aliphatic heterocycles. The monoisotopic (exact) mass is 317 g/mol. The first-order chi connectivity index (χ1) is 9.25. The number of hydrogen-bond acceptors (Lipinski definition) is 4. The summed E-state index contributed by atoms with van der Waals surface area (Å²) in [5.74, 6) is -0.770. The first-order valence-corrected chi connectivity index (χ1v) is 8.34. The molecule has 3 atom stereocenters. The predicted octanol–water partition coefficient (Wildman–Crippen LogP) is 1.26. The van der Waals surface area contributed by atoms with Gasteiger partial charge >= 0.3 is 0 Å². The topological polar surface area (TPSA) is 69.4 Å². The average Bonchev–Trinajstić information content (AvgIpc) is 3.01. The number of nitrogens with two attached hydrogens (primary N) is 1. The summed E-state index contributed by atoms with van der Waals surface area (Å²) in [4.78, 5) is 0.115. The highest BCUT2D eigenvalue weighted by molar-refractivity contribution is 7.92. The Balaban J connectivity index is 2.49. The van der Waals surface area contributed by atoms with Gasteiger partial charge in [-0.1, -0.05) is 24.4 Å². The molecule has 0 heterocycles. The van der Waals surface area contributed by atoms with Crippen LogP contribution in [0.2, 0.25) is 0 Å². The Labute approximate surface area is 123 Å². The van der Waals surface area contributed by atoms with Crippen molar-refractivity contribution in [3.8, 4) is 0 Å². The van der Waals surface area contributed by atoms with E-state index in [1.807, 2.05) is 0 Å². The SMILES string of the molecule is COC[C@@]1(C(N)=S)[C@H](c2ccc(F)cc2)[C@@H]1S(C)(=O)=O. The van der Waals surface area contributed by atoms with Gasteiger partial charge in [0.15, 0.2) is 9.84 Å². The molecule has 0 radical (unpaired) electrons. The van der Waals surface area contributed by atoms with Gasteiger partial charge in [0.2, 0.25) is 0 Å². The van der Waals surface area contributed by atoms with Gasteiger partial charge in [-0.2, -0.15) is 0 Å². The molecule has 1 aromatic carbocycles. The Kier molecular flexibility index (Phi) is 3.88. The fourth-order valence-electron chi connectivity index (χ4n) is 2.95. The quantitative estimate of drug-likeness (QED) is 0.828. The number of halogens is 1. The minimum atomic E-state index is -3.35. The lowest BCUT2D eigenvalue weighted by atomic mass is 10.00. The lowest BCUT2D eigenvalue weighted by molar-refractivity contribution is 0.166. The summed E-state index contributed by atoms with van der Waals surface area (Å²) in [6.07, 6.45) is 1.16. The molecule has 2 rings (SSSR count). The number of rotatable bonds is 5. The third-order valence-electron chi connectivity index (χ3n) is 3.79. The molecule has 0 aromatic heterocycles. The molecule has 4 nitrogen and oxygen atoms in total. The van der Waals surface area contributed by atoms with Gasteiger partial charge in [0.25, 0.3) is 0 Å². The van der Waals surface area contributed by atoms with E-state index in [-0.39, 0.29) is 17.4 Å². The van der Waals surface area contributed by atoms with Crippen LogP contribution in [0, 0.1) is 11.2 Å². The third-order valence-corrected chi connectivity index (χ3v) is 5.78. The highest BCUT2D eigenvalue weighted by atomic mass is 32.2. The second-order valence-corrected chi connectivity index (χ2v) is 7.72. The van der Waals surface area contributed by atoms with Crippen LogP contribution in [0.4, 0.5) is 4.39 Å². The molecule has 1 aromatic rings. The molecule has 0 spiro atoms. The lowest BCUT2D eigenvalue weighted by Gasteiger charge is -2.15. The summed E-state index contributed by atoms with van der Waals surface area (Å²) in [5.41, 5.74) is 5.57. The molecule has 110 valence electrons. The van der Waals surface area contributed by atoms with Gasteiger partial charge in [0.1, 0.15) is 5.82 Å². The number of methoxy groups -OCH3 is 1. The zero-order valence-corrected chi connectivity index (χ0v) is 12.8. The smallest absolute Gasteiger partial charge is 0.152 e. The summed E-state index contributed by atoms with van der Waals surface area (Å²) < 4.78 is 42.1. The van der Waals surface area contributed by atoms with Crippen LogP contribution in [-0.2, 0) is 14.6 Å². The molecule has 1 saturated carbocycles. The number of sulfone groups is 1. The van der Waals surface area contributed by atoms with E-state index in [1.54, 1.807) is 12.1 Å². The van der Waals surface area contributed by atoms with Crippen LogP contribution in [0.5, 0.6) is 0 Å². The molecule has 7 heteroatoms. The van der Waals surface area contributed by atoms with Crippen molar-refractivity contribution >= 4 is 27.0 Å². The Morgan fingerprint density at radius 3 is 2.40 bits per heavy atom. The highest BCUT2D eigenvalue weighted by Crippen LogP contribution is 2.63. The number of thiocarbonyl (C=S) groups is 1. The van der Waals surface area contributed by atoms with Crippen LogP contribution in [-0.4, -0.2) is 38.6 Å². The molecule has 1 fully saturated rings. The van der Waals surface area contributed by atoms with Gasteiger partial charge in [0, 0.05) is 19.3 Å². The zero-order valence-electron chi connectivity index (χ0n) is 11.2. The molecule has 0 bridgehead atoms. The van der Waals surface area contributed by atoms with E-state index < -0.39 is 26.4 Å². The van der Waals surface area contributed by atoms with Gasteiger partial charge in [0.05, 0.1) is 22.3 Å². The minimum Gasteiger partial charge on any atom is -0.393 e. The van der Waals surface area contributed by atoms with Crippen molar-refractivity contribution < 1.29 is 17.5 Å². The fourth-order valence-corrected chi connectivity index (χ4v) is 5.26. The fraction of sp³-hybridized carbons (Fsp3) is 0.462. The van der Waals surface area contributed by atoms with E-state index in [9.17, 15) is 12.8 Å². The number of hydrogen-bond donors (Lipinski definition) is 1. The largest absolute Gasteiger partial charge is 0.393 e. The summed E-state index contributed by atoms with van der Waals surface area (Å²) in [7, 11) is -1.88. The van der Waals surface area contributed by atoms with Gasteiger partial charge in [-0.3, -0.25) is 0 Å². The second kappa shape index (κ2) is 5.05. The van der Waals surface area contributed by atoms with Crippen LogP contribution in [0.3, 0.4) is 0 Å². The Hall–Kier alpha value is -1.05. The molecule has 20 heavy (non-hydrogen) atoms. The molecule has 0 saturated heterocycles. The van der Waals surface area contributed by atoms with Crippen LogP contribution in [0.15, 0.2) is 24.3 Å². The second-order valence-electron chi connectivity index (χ2n) is 5.12. The third kappa shape index (κ3) is 2.34. The predicted molar refractivity (Wildman–Crippen MR) is 78.9 cm³/mol. The van der Waals surface area contributed by atoms with Crippen molar-refractivity contribution in [3.05, 3.63) is 35.6 Å². The maximum atomic E-state index is 13.0. The van der Waals surface area contributed by atoms with Gasteiger partial charge in [-0.15, -0.1) is 0 Å². The molecule has 0 amide bonds. The average molecular weight is 317 g/mol. The van der Waals surface area contributed by atoms with Gasteiger partial charge in [-0.25, -0.2) is 12.8 Å². The van der Waals surface area contributed by atoms with Crippen LogP contribution in [0.25, 0.3) is 0 Å². The maximum absolute atomic E-state index is 13.0. The van der Waals surface area contributed by atoms with E-state index in [4.69, 9.17) is 22.7 Å². The Morgan fingerprint density at radius 2 is 2.00 bits per heavy atom. The summed E-state index contributed by atoms with van der Waals surface area (Å²) in [6.45, 7) is 0.127. The van der Waals surface area contributed by atoms with Crippen molar-refractivity contribution in [1.82, 2.24) is 0 Å². The van der Waals surface area contributed by atoms with Crippen molar-refractivity contribution in [2.24, 2.45) is 11.1 Å². The molecular weight excluding hydrogens is 301 g/mol. The summed E-state index contributed by atoms with van der Waals surface area (Å²) in [6, 6.07) is 5.72. The van der Waals surface area contributed by atoms with Crippen molar-refractivity contribution in [2.75, 3.05) is 20.0 Å². The van der Waals surface area contributed by atoms with Gasteiger partial charge < -0.3 is 10.5 Å². The summed E-state index contributed by atoms with van der Waals surface area (Å²) in [5, 5.41) is -0.724. The molecule has 1 aliphatic carbocycles. The van der Waals surface area contributed by atoms with E-state index in [1.165, 1.54) is 19.2 Å². The van der Waals surface area contributed by atoms with Crippen LogP contribution in [0.1, 0.15) is 11.5 Å². The molecular formula is C13H16FNO3S2. The standard InChI is InChI=1S/C13H16FNO3S2/c1-18-7-13(12(15)19)10(11(13)20(2,16)17)8-3-5-9(14)6-4-8/h3-6,10-11H,7H2,1-2H3,(H2,15,19)/t10-,11+,13-/m1/s1. The Morgan fingerprint density at radius 1 is 1.45 bits per heavy atom. The van der Waals surface area contributed by atoms with Crippen LogP contribution < -0.4 is 5.73 Å². The normalized spacial score (nSPS) is 29.1. The minimum absolute atomic E-state index is 0.115. The zero-order chi connectivity index (χ0) is 15.1. The van der Waals surface area contributed by atoms with E-state index in [0.717, 1.165) is 6.26 Å².